The molecule has 0 amide bonds. The van der Waals surface area contributed by atoms with Crippen molar-refractivity contribution in [3.8, 4) is 17.2 Å². The number of carbonyl (C=O) groups is 1. The molecule has 11 nitrogen and oxygen atoms in total. The third kappa shape index (κ3) is 7.19. The van der Waals surface area contributed by atoms with Crippen LogP contribution in [-0.4, -0.2) is 72.0 Å². The highest BCUT2D eigenvalue weighted by Crippen LogP contribution is 2.34. The third-order valence-corrected chi connectivity index (χ3v) is 5.63. The molecule has 0 spiro atoms. The van der Waals surface area contributed by atoms with E-state index in [9.17, 15) is 17.4 Å². The fourth-order valence-corrected chi connectivity index (χ4v) is 3.66. The lowest BCUT2D eigenvalue weighted by Crippen LogP contribution is -2.29. The molecular formula is C19H18BrF3N6O5S. The summed E-state index contributed by atoms with van der Waals surface area (Å²) in [7, 11) is -0.904. The Morgan fingerprint density at radius 1 is 1.29 bits per heavy atom. The van der Waals surface area contributed by atoms with E-state index in [0.29, 0.717) is 34.2 Å². The molecule has 0 radical (unpaired) electrons. The van der Waals surface area contributed by atoms with E-state index in [4.69, 9.17) is 19.4 Å². The van der Waals surface area contributed by atoms with Crippen LogP contribution in [-0.2, 0) is 15.6 Å². The van der Waals surface area contributed by atoms with Gasteiger partial charge in [-0.25, -0.2) is 9.78 Å². The summed E-state index contributed by atoms with van der Waals surface area (Å²) in [5, 5.41) is 22.8. The molecule has 35 heavy (non-hydrogen) atoms. The molecule has 2 N–H and O–H groups in total. The van der Waals surface area contributed by atoms with Gasteiger partial charge in [-0.1, -0.05) is 0 Å². The van der Waals surface area contributed by atoms with E-state index in [1.807, 2.05) is 30.3 Å². The lowest BCUT2D eigenvalue weighted by Gasteiger charge is -2.18. The number of nitrogens with zero attached hydrogens (tertiary/aromatic N) is 5. The van der Waals surface area contributed by atoms with Gasteiger partial charge < -0.3 is 19.9 Å². The summed E-state index contributed by atoms with van der Waals surface area (Å²) >= 11 is 3.41. The number of hydrogen-bond acceptors (Lipinski definition) is 9. The molecule has 1 aliphatic rings. The minimum atomic E-state index is -5.08. The van der Waals surface area contributed by atoms with E-state index in [1.165, 1.54) is 0 Å². The largest absolute Gasteiger partial charge is 0.490 e. The maximum Gasteiger partial charge on any atom is 0.490 e. The lowest BCUT2D eigenvalue weighted by molar-refractivity contribution is -0.192. The van der Waals surface area contributed by atoms with Gasteiger partial charge in [0.25, 0.3) is 0 Å². The number of carboxylic acids is 1. The van der Waals surface area contributed by atoms with Gasteiger partial charge in [0.05, 0.1) is 11.7 Å². The molecule has 2 atom stereocenters. The number of carboxylic acid groups (broad SMARTS) is 1. The fraction of sp³-hybridized carbons (Fsp3) is 0.316. The second-order valence-corrected chi connectivity index (χ2v) is 9.23. The Morgan fingerprint density at radius 2 is 2.00 bits per heavy atom. The zero-order valence-corrected chi connectivity index (χ0v) is 20.3. The highest BCUT2D eigenvalue weighted by atomic mass is 79.9. The van der Waals surface area contributed by atoms with Crippen molar-refractivity contribution in [2.24, 2.45) is 0 Å². The Labute approximate surface area is 207 Å². The van der Waals surface area contributed by atoms with Gasteiger partial charge in [0.1, 0.15) is 4.60 Å². The molecule has 2 aromatic heterocycles. The summed E-state index contributed by atoms with van der Waals surface area (Å²) in [5.41, 5.74) is 1.68. The third-order valence-electron chi connectivity index (χ3n) is 4.42. The molecule has 0 saturated carbocycles. The number of aromatic nitrogens is 5. The van der Waals surface area contributed by atoms with Crippen molar-refractivity contribution in [2.75, 3.05) is 25.3 Å². The molecule has 2 unspecified atom stereocenters. The first-order chi connectivity index (χ1) is 16.6. The molecule has 0 saturated heterocycles. The van der Waals surface area contributed by atoms with Crippen LogP contribution >= 0.6 is 15.9 Å². The Hall–Kier alpha value is -3.11. The number of fused-ring (bicyclic) bond motifs is 1. The van der Waals surface area contributed by atoms with Crippen LogP contribution in [0.25, 0.3) is 5.69 Å². The fourth-order valence-electron chi connectivity index (χ4n) is 2.88. The smallest absolute Gasteiger partial charge is 0.475 e. The maximum absolute atomic E-state index is 11.5. The molecule has 3 heterocycles. The number of pyridine rings is 1. The van der Waals surface area contributed by atoms with Crippen molar-refractivity contribution in [1.82, 2.24) is 30.5 Å². The highest BCUT2D eigenvalue weighted by molar-refractivity contribution is 9.10. The zero-order chi connectivity index (χ0) is 25.6. The van der Waals surface area contributed by atoms with Crippen LogP contribution in [0.2, 0.25) is 0 Å². The minimum absolute atomic E-state index is 0.199. The number of halogens is 4. The van der Waals surface area contributed by atoms with Gasteiger partial charge in [0.2, 0.25) is 6.79 Å². The number of hydrogen-bond donors (Lipinski definition) is 2. The summed E-state index contributed by atoms with van der Waals surface area (Å²) in [6.45, 7) is 0.742. The van der Waals surface area contributed by atoms with Gasteiger partial charge in [-0.05, 0) is 56.2 Å². The summed E-state index contributed by atoms with van der Waals surface area (Å²) < 4.78 is 56.4. The first-order valence-corrected chi connectivity index (χ1v) is 12.2. The molecule has 1 aliphatic heterocycles. The van der Waals surface area contributed by atoms with Crippen LogP contribution in [0, 0.1) is 0 Å². The molecular weight excluding hydrogens is 561 g/mol. The highest BCUT2D eigenvalue weighted by Gasteiger charge is 2.38. The first kappa shape index (κ1) is 26.5. The second-order valence-electron chi connectivity index (χ2n) is 6.87. The maximum atomic E-state index is 11.5. The van der Waals surface area contributed by atoms with Gasteiger partial charge in [-0.3, -0.25) is 4.21 Å². The topological polar surface area (TPSA) is 141 Å². The average Bonchev–Trinajstić information content (AvgIpc) is 3.45. The van der Waals surface area contributed by atoms with E-state index in [0.717, 1.165) is 11.3 Å². The van der Waals surface area contributed by atoms with Crippen LogP contribution in [0.15, 0.2) is 41.1 Å². The van der Waals surface area contributed by atoms with Gasteiger partial charge in [-0.2, -0.15) is 17.9 Å². The van der Waals surface area contributed by atoms with E-state index < -0.39 is 22.9 Å². The molecule has 188 valence electrons. The quantitative estimate of drug-likeness (QED) is 0.401. The molecule has 16 heteroatoms. The molecule has 4 rings (SSSR count). The van der Waals surface area contributed by atoms with Crippen molar-refractivity contribution < 1.29 is 36.8 Å². The Bertz CT molecular complexity index is 1210. The molecule has 0 fully saturated rings. The minimum Gasteiger partial charge on any atom is -0.475 e. The number of alkyl halides is 3. The summed E-state index contributed by atoms with van der Waals surface area (Å²) in [5.74, 6) is -0.298. The zero-order valence-electron chi connectivity index (χ0n) is 17.9. The number of nitrogens with one attached hydrogen (secondary N) is 1. The van der Waals surface area contributed by atoms with Crippen molar-refractivity contribution in [1.29, 1.82) is 0 Å². The lowest BCUT2D eigenvalue weighted by atomic mass is 10.1. The van der Waals surface area contributed by atoms with Crippen molar-refractivity contribution in [3.05, 3.63) is 52.5 Å². The van der Waals surface area contributed by atoms with Gasteiger partial charge in [0, 0.05) is 41.6 Å². The van der Waals surface area contributed by atoms with Crippen molar-refractivity contribution in [3.63, 3.8) is 0 Å². The molecule has 3 aromatic rings. The standard InChI is InChI=1S/C17H17BrN6O3S.C2HF3O2/c1-28(25)7-6-20-16(11-4-5-19-15(18)8-11)17-21-22-23-24(17)12-2-3-13-14(9-12)27-10-26-13;3-2(4,5)1(6)7/h2-5,8-9,16,20H,6-7,10H2,1H3;(H,6,7). The normalized spacial score (nSPS) is 14.1. The Morgan fingerprint density at radius 3 is 2.66 bits per heavy atom. The van der Waals surface area contributed by atoms with Crippen LogP contribution < -0.4 is 14.8 Å². The Balaban J connectivity index is 0.000000429. The van der Waals surface area contributed by atoms with Crippen LogP contribution in [0.4, 0.5) is 13.2 Å². The van der Waals surface area contributed by atoms with E-state index in [1.54, 1.807) is 17.1 Å². The van der Waals surface area contributed by atoms with Gasteiger partial charge >= 0.3 is 12.1 Å². The first-order valence-electron chi connectivity index (χ1n) is 9.69. The van der Waals surface area contributed by atoms with Crippen LogP contribution in [0.1, 0.15) is 17.4 Å². The van der Waals surface area contributed by atoms with E-state index >= 15 is 0 Å². The monoisotopic (exact) mass is 578 g/mol. The predicted molar refractivity (Wildman–Crippen MR) is 120 cm³/mol. The van der Waals surface area contributed by atoms with E-state index in [2.05, 4.69) is 41.8 Å². The average molecular weight is 579 g/mol. The van der Waals surface area contributed by atoms with E-state index in [-0.39, 0.29) is 12.8 Å². The number of aliphatic carboxylic acids is 1. The number of tetrazole rings is 1. The number of rotatable bonds is 7. The van der Waals surface area contributed by atoms with Gasteiger partial charge in [-0.15, -0.1) is 5.10 Å². The second kappa shape index (κ2) is 11.5. The number of ether oxygens (including phenoxy) is 2. The van der Waals surface area contributed by atoms with Crippen LogP contribution in [0.3, 0.4) is 0 Å². The predicted octanol–water partition coefficient (Wildman–Crippen LogP) is 2.24. The summed E-state index contributed by atoms with van der Waals surface area (Å²) in [4.78, 5) is 13.1. The molecule has 1 aromatic carbocycles. The van der Waals surface area contributed by atoms with Crippen molar-refractivity contribution >= 4 is 32.7 Å². The van der Waals surface area contributed by atoms with Crippen LogP contribution in [0.5, 0.6) is 11.5 Å². The SMILES string of the molecule is CS(=O)CCNC(c1ccnc(Br)c1)c1nnnn1-c1ccc2c(c1)OCO2.O=C(O)C(F)(F)F. The number of benzene rings is 1. The Kier molecular flexibility index (Phi) is 8.74. The van der Waals surface area contributed by atoms with Gasteiger partial charge in [0.15, 0.2) is 17.3 Å². The van der Waals surface area contributed by atoms with Crippen molar-refractivity contribution in [2.45, 2.75) is 12.2 Å². The summed E-state index contributed by atoms with van der Waals surface area (Å²) in [6, 6.07) is 9.01. The molecule has 0 aliphatic carbocycles. The molecule has 0 bridgehead atoms. The summed E-state index contributed by atoms with van der Waals surface area (Å²) in [6.07, 6.45) is -1.70.